The fourth-order valence-corrected chi connectivity index (χ4v) is 2.62. The Morgan fingerprint density at radius 1 is 0.963 bits per heavy atom. The molecule has 3 aromatic rings. The van der Waals surface area contributed by atoms with Crippen molar-refractivity contribution < 1.29 is 4.79 Å². The number of benzene rings is 3. The predicted molar refractivity (Wildman–Crippen MR) is 112 cm³/mol. The summed E-state index contributed by atoms with van der Waals surface area (Å²) in [7, 11) is 0. The molecule has 27 heavy (non-hydrogen) atoms. The molecule has 0 spiro atoms. The lowest BCUT2D eigenvalue weighted by Crippen LogP contribution is -2.12. The number of amides is 1. The summed E-state index contributed by atoms with van der Waals surface area (Å²) in [5.74, 6) is 0.157. The molecular weight excluding hydrogens is 358 g/mol. The topological polar surface area (TPSA) is 67.5 Å². The zero-order valence-electron chi connectivity index (χ0n) is 14.5. The third-order valence-electron chi connectivity index (χ3n) is 3.75. The molecule has 0 aromatic heterocycles. The molecule has 0 aliphatic carbocycles. The molecule has 0 aliphatic heterocycles. The van der Waals surface area contributed by atoms with E-state index in [0.29, 0.717) is 22.2 Å². The number of nitrogens with zero attached hydrogens (tertiary/aromatic N) is 1. The molecule has 1 amide bonds. The molecule has 3 rings (SSSR count). The van der Waals surface area contributed by atoms with Gasteiger partial charge < -0.3 is 11.1 Å². The largest absolute Gasteiger partial charge is 0.383 e. The van der Waals surface area contributed by atoms with Gasteiger partial charge in [-0.3, -0.25) is 4.79 Å². The van der Waals surface area contributed by atoms with Gasteiger partial charge in [-0.05, 0) is 35.9 Å². The van der Waals surface area contributed by atoms with Gasteiger partial charge in [-0.2, -0.15) is 0 Å². The lowest BCUT2D eigenvalue weighted by atomic mass is 10.2. The molecule has 0 bridgehead atoms. The maximum absolute atomic E-state index is 12.2. The van der Waals surface area contributed by atoms with Crippen LogP contribution >= 0.6 is 11.6 Å². The molecule has 134 valence electrons. The van der Waals surface area contributed by atoms with Crippen LogP contribution in [0.1, 0.15) is 11.1 Å². The molecule has 3 aromatic carbocycles. The van der Waals surface area contributed by atoms with Crippen LogP contribution in [0.15, 0.2) is 89.9 Å². The Morgan fingerprint density at radius 3 is 2.48 bits per heavy atom. The number of halogens is 1. The van der Waals surface area contributed by atoms with Gasteiger partial charge in [0.2, 0.25) is 5.91 Å². The van der Waals surface area contributed by atoms with E-state index in [9.17, 15) is 4.79 Å². The van der Waals surface area contributed by atoms with Crippen molar-refractivity contribution in [1.29, 1.82) is 0 Å². The van der Waals surface area contributed by atoms with E-state index in [2.05, 4.69) is 10.3 Å². The zero-order chi connectivity index (χ0) is 19.1. The minimum Gasteiger partial charge on any atom is -0.383 e. The van der Waals surface area contributed by atoms with Crippen molar-refractivity contribution in [3.8, 4) is 0 Å². The number of nitrogens with two attached hydrogens (primary N) is 1. The first-order chi connectivity index (χ1) is 13.1. The second-order valence-electron chi connectivity index (χ2n) is 5.76. The summed E-state index contributed by atoms with van der Waals surface area (Å²) in [6.45, 7) is 0. The Kier molecular flexibility index (Phi) is 6.02. The maximum Gasteiger partial charge on any atom is 0.248 e. The summed E-state index contributed by atoms with van der Waals surface area (Å²) in [6.07, 6.45) is 3.11. The number of carbonyl (C=O) groups is 1. The highest BCUT2D eigenvalue weighted by molar-refractivity contribution is 6.32. The van der Waals surface area contributed by atoms with Gasteiger partial charge in [0.1, 0.15) is 5.84 Å². The van der Waals surface area contributed by atoms with Crippen LogP contribution in [0.3, 0.4) is 0 Å². The van der Waals surface area contributed by atoms with Gasteiger partial charge in [0.25, 0.3) is 0 Å². The lowest BCUT2D eigenvalue weighted by molar-refractivity contribution is -0.111. The molecular formula is C22H18ClN3O. The SMILES string of the molecule is NC(=Nc1cccc(NC(=O)/C=C/c2ccccc2Cl)c1)c1ccccc1. The summed E-state index contributed by atoms with van der Waals surface area (Å²) in [4.78, 5) is 16.6. The van der Waals surface area contributed by atoms with E-state index in [4.69, 9.17) is 17.3 Å². The number of aliphatic imine (C=N–C) groups is 1. The molecule has 0 saturated carbocycles. The molecule has 0 fully saturated rings. The van der Waals surface area contributed by atoms with Gasteiger partial charge >= 0.3 is 0 Å². The predicted octanol–water partition coefficient (Wildman–Crippen LogP) is 5.03. The lowest BCUT2D eigenvalue weighted by Gasteiger charge is -2.05. The molecule has 0 atom stereocenters. The van der Waals surface area contributed by atoms with E-state index >= 15 is 0 Å². The summed E-state index contributed by atoms with van der Waals surface area (Å²) in [5, 5.41) is 3.40. The van der Waals surface area contributed by atoms with E-state index in [1.807, 2.05) is 60.7 Å². The monoisotopic (exact) mass is 375 g/mol. The highest BCUT2D eigenvalue weighted by atomic mass is 35.5. The third-order valence-corrected chi connectivity index (χ3v) is 4.10. The summed E-state index contributed by atoms with van der Waals surface area (Å²) in [6, 6.07) is 24.0. The molecule has 5 heteroatoms. The van der Waals surface area contributed by atoms with Crippen molar-refractivity contribution in [2.75, 3.05) is 5.32 Å². The van der Waals surface area contributed by atoms with Crippen LogP contribution in [-0.2, 0) is 4.79 Å². The highest BCUT2D eigenvalue weighted by Gasteiger charge is 2.02. The number of amidine groups is 1. The Bertz CT molecular complexity index is 997. The van der Waals surface area contributed by atoms with E-state index in [1.165, 1.54) is 6.08 Å². The average Bonchev–Trinajstić information content (AvgIpc) is 2.68. The van der Waals surface area contributed by atoms with Gasteiger partial charge in [0.05, 0.1) is 5.69 Å². The van der Waals surface area contributed by atoms with Crippen LogP contribution < -0.4 is 11.1 Å². The second kappa shape index (κ2) is 8.83. The first kappa shape index (κ1) is 18.4. The Balaban J connectivity index is 1.70. The third kappa shape index (κ3) is 5.30. The quantitative estimate of drug-likeness (QED) is 0.373. The Labute approximate surface area is 163 Å². The standard InChI is InChI=1S/C22H18ClN3O/c23-20-12-5-4-7-16(20)13-14-21(27)25-18-10-6-11-19(15-18)26-22(24)17-8-2-1-3-9-17/h1-15H,(H2,24,26)(H,25,27)/b14-13+. The number of hydrogen-bond donors (Lipinski definition) is 2. The van der Waals surface area contributed by atoms with Crippen molar-refractivity contribution in [2.24, 2.45) is 10.7 Å². The zero-order valence-corrected chi connectivity index (χ0v) is 15.2. The number of rotatable bonds is 5. The van der Waals surface area contributed by atoms with Gasteiger partial charge in [0, 0.05) is 22.3 Å². The van der Waals surface area contributed by atoms with Crippen LogP contribution in [0.25, 0.3) is 6.08 Å². The molecule has 0 saturated heterocycles. The minimum atomic E-state index is -0.257. The van der Waals surface area contributed by atoms with Crippen LogP contribution in [0, 0.1) is 0 Å². The Morgan fingerprint density at radius 2 is 1.70 bits per heavy atom. The van der Waals surface area contributed by atoms with E-state index in [1.54, 1.807) is 24.3 Å². The molecule has 4 nitrogen and oxygen atoms in total. The van der Waals surface area contributed by atoms with Gasteiger partial charge in [0.15, 0.2) is 0 Å². The number of carbonyl (C=O) groups excluding carboxylic acids is 1. The van der Waals surface area contributed by atoms with E-state index in [-0.39, 0.29) is 5.91 Å². The molecule has 3 N–H and O–H groups in total. The summed E-state index contributed by atoms with van der Waals surface area (Å²) in [5.41, 5.74) is 8.95. The first-order valence-electron chi connectivity index (χ1n) is 8.35. The van der Waals surface area contributed by atoms with Crippen molar-refractivity contribution >= 4 is 40.8 Å². The van der Waals surface area contributed by atoms with E-state index < -0.39 is 0 Å². The van der Waals surface area contributed by atoms with Crippen molar-refractivity contribution in [2.45, 2.75) is 0 Å². The fraction of sp³-hybridized carbons (Fsp3) is 0. The highest BCUT2D eigenvalue weighted by Crippen LogP contribution is 2.19. The first-order valence-corrected chi connectivity index (χ1v) is 8.73. The van der Waals surface area contributed by atoms with Gasteiger partial charge in [-0.15, -0.1) is 0 Å². The number of hydrogen-bond acceptors (Lipinski definition) is 2. The minimum absolute atomic E-state index is 0.257. The van der Waals surface area contributed by atoms with Crippen LogP contribution in [0.5, 0.6) is 0 Å². The second-order valence-corrected chi connectivity index (χ2v) is 6.16. The summed E-state index contributed by atoms with van der Waals surface area (Å²) < 4.78 is 0. The molecule has 0 unspecified atom stereocenters. The molecule has 0 heterocycles. The van der Waals surface area contributed by atoms with Crippen molar-refractivity contribution in [1.82, 2.24) is 0 Å². The molecule has 0 radical (unpaired) electrons. The Hall–Kier alpha value is -3.37. The number of nitrogens with one attached hydrogen (secondary N) is 1. The van der Waals surface area contributed by atoms with Crippen LogP contribution in [-0.4, -0.2) is 11.7 Å². The normalized spacial score (nSPS) is 11.5. The molecule has 0 aliphatic rings. The van der Waals surface area contributed by atoms with Crippen LogP contribution in [0.4, 0.5) is 11.4 Å². The average molecular weight is 376 g/mol. The van der Waals surface area contributed by atoms with Crippen molar-refractivity contribution in [3.63, 3.8) is 0 Å². The number of anilines is 1. The van der Waals surface area contributed by atoms with Gasteiger partial charge in [-0.25, -0.2) is 4.99 Å². The van der Waals surface area contributed by atoms with Crippen molar-refractivity contribution in [3.05, 3.63) is 101 Å². The fourth-order valence-electron chi connectivity index (χ4n) is 2.43. The van der Waals surface area contributed by atoms with E-state index in [0.717, 1.165) is 11.1 Å². The summed E-state index contributed by atoms with van der Waals surface area (Å²) >= 11 is 6.08. The maximum atomic E-state index is 12.2. The van der Waals surface area contributed by atoms with Crippen LogP contribution in [0.2, 0.25) is 5.02 Å². The smallest absolute Gasteiger partial charge is 0.248 e. The van der Waals surface area contributed by atoms with Gasteiger partial charge in [-0.1, -0.05) is 66.2 Å².